The third-order valence-electron chi connectivity index (χ3n) is 10.3. The number of carbonyl (C=O) groups excluding carboxylic acids is 7. The molecule has 3 heterocycles. The minimum atomic E-state index is -0.984. The molecule has 0 radical (unpaired) electrons. The van der Waals surface area contributed by atoms with Crippen LogP contribution in [0.1, 0.15) is 51.4 Å². The van der Waals surface area contributed by atoms with Gasteiger partial charge in [-0.15, -0.1) is 0 Å². The standard InChI is InChI=1S/C18H22N2O5.C17H20N2O5.C14H16N2O3/c1-24-10-8-17(22)19-14-4-3-13-7-9-20(16(13)11-14)12-15(21)5-6-18(23)25-2;1-24-9-7-16(21)18-13-3-2-12-6-8-19(15(12)10-13)11-14(20)4-5-17(22)23;1-19-14(18)5-4-12(17)9-16-7-6-10-2-3-11(15)8-13(10)16/h3-4,7,9,11H,5-6,8,10,12H2,1-2H3,(H,19,22);2-3,6,8,10H,4-5,7,9,11H2,1H3,(H,18,21)(H,22,23);2-3,6-8H,4-5,9,15H2,1H3. The van der Waals surface area contributed by atoms with Crippen LogP contribution in [0.5, 0.6) is 0 Å². The molecule has 5 N–H and O–H groups in total. The molecule has 3 aromatic heterocycles. The van der Waals surface area contributed by atoms with Crippen molar-refractivity contribution in [1.82, 2.24) is 13.7 Å². The van der Waals surface area contributed by atoms with Crippen LogP contribution in [0, 0.1) is 0 Å². The zero-order chi connectivity index (χ0) is 49.6. The van der Waals surface area contributed by atoms with Crippen LogP contribution < -0.4 is 16.4 Å². The maximum atomic E-state index is 12.0. The lowest BCUT2D eigenvalue weighted by atomic mass is 10.2. The topological polar surface area (TPSA) is 259 Å². The fraction of sp³-hybridized carbons (Fsp3) is 0.347. The van der Waals surface area contributed by atoms with Gasteiger partial charge >= 0.3 is 17.9 Å². The Morgan fingerprint density at radius 3 is 1.22 bits per heavy atom. The van der Waals surface area contributed by atoms with Gasteiger partial charge in [0.1, 0.15) is 0 Å². The Morgan fingerprint density at radius 2 is 0.853 bits per heavy atom. The number of Topliss-reactive ketones (excluding diaryl/α,β-unsaturated/α-hetero) is 3. The van der Waals surface area contributed by atoms with Gasteiger partial charge in [-0.2, -0.15) is 0 Å². The van der Waals surface area contributed by atoms with Crippen molar-refractivity contribution >= 4 is 96.8 Å². The van der Waals surface area contributed by atoms with Crippen molar-refractivity contribution in [3.05, 3.63) is 91.4 Å². The van der Waals surface area contributed by atoms with E-state index >= 15 is 0 Å². The van der Waals surface area contributed by atoms with Gasteiger partial charge in [0, 0.05) is 69.1 Å². The van der Waals surface area contributed by atoms with Gasteiger partial charge in [-0.05, 0) is 70.8 Å². The molecule has 0 bridgehead atoms. The Balaban J connectivity index is 0.000000225. The summed E-state index contributed by atoms with van der Waals surface area (Å²) in [7, 11) is 5.70. The lowest BCUT2D eigenvalue weighted by Crippen LogP contribution is -2.14. The second kappa shape index (κ2) is 27.1. The zero-order valence-electron chi connectivity index (χ0n) is 38.6. The van der Waals surface area contributed by atoms with E-state index in [9.17, 15) is 38.4 Å². The number of fused-ring (bicyclic) bond motifs is 3. The van der Waals surface area contributed by atoms with Crippen LogP contribution >= 0.6 is 0 Å². The summed E-state index contributed by atoms with van der Waals surface area (Å²) < 4.78 is 24.2. The van der Waals surface area contributed by atoms with Crippen molar-refractivity contribution in [3.8, 4) is 0 Å². The fourth-order valence-corrected chi connectivity index (χ4v) is 6.72. The highest BCUT2D eigenvalue weighted by atomic mass is 16.5. The largest absolute Gasteiger partial charge is 0.481 e. The number of carbonyl (C=O) groups is 8. The predicted molar refractivity (Wildman–Crippen MR) is 255 cm³/mol. The number of hydrogen-bond acceptors (Lipinski definition) is 13. The Hall–Kier alpha value is -7.64. The summed E-state index contributed by atoms with van der Waals surface area (Å²) in [6.07, 6.45) is 6.35. The number of ketones is 3. The van der Waals surface area contributed by atoms with Gasteiger partial charge in [-0.1, -0.05) is 18.2 Å². The molecule has 0 aliphatic rings. The summed E-state index contributed by atoms with van der Waals surface area (Å²) in [5.41, 5.74) is 10.3. The Labute approximate surface area is 392 Å². The molecule has 3 aromatic carbocycles. The van der Waals surface area contributed by atoms with E-state index in [-0.39, 0.29) is 106 Å². The smallest absolute Gasteiger partial charge is 0.305 e. The van der Waals surface area contributed by atoms with Crippen molar-refractivity contribution in [2.45, 2.75) is 71.0 Å². The molecule has 0 atom stereocenters. The fourth-order valence-electron chi connectivity index (χ4n) is 6.72. The number of esters is 2. The molecular formula is C49H58N6O13. The molecule has 0 fully saturated rings. The third-order valence-corrected chi connectivity index (χ3v) is 10.3. The molecule has 0 unspecified atom stereocenters. The van der Waals surface area contributed by atoms with E-state index in [0.717, 1.165) is 32.7 Å². The SMILES string of the molecule is COC(=O)CCC(=O)Cn1ccc2ccc(N)cc21.COCCC(=O)Nc1ccc2ccn(CC(=O)CCC(=O)O)c2c1.COCCC(=O)Nc1ccc2ccn(CC(=O)CCC(=O)OC)c2c1. The molecule has 0 saturated heterocycles. The molecule has 0 aliphatic heterocycles. The van der Waals surface area contributed by atoms with Crippen molar-refractivity contribution < 1.29 is 62.4 Å². The molecule has 6 rings (SSSR count). The monoisotopic (exact) mass is 938 g/mol. The number of amides is 2. The summed E-state index contributed by atoms with van der Waals surface area (Å²) in [4.78, 5) is 91.9. The van der Waals surface area contributed by atoms with Gasteiger partial charge in [0.15, 0.2) is 17.3 Å². The van der Waals surface area contributed by atoms with Gasteiger partial charge in [-0.25, -0.2) is 0 Å². The van der Waals surface area contributed by atoms with Crippen LogP contribution in [0.15, 0.2) is 91.4 Å². The van der Waals surface area contributed by atoms with Gasteiger partial charge in [0.25, 0.3) is 0 Å². The number of rotatable bonds is 23. The first kappa shape index (κ1) is 53.0. The third kappa shape index (κ3) is 17.3. The summed E-state index contributed by atoms with van der Waals surface area (Å²) in [5, 5.41) is 17.2. The number of nitrogens with two attached hydrogens (primary N) is 1. The number of nitrogens with zero attached hydrogens (tertiary/aromatic N) is 3. The summed E-state index contributed by atoms with van der Waals surface area (Å²) in [6.45, 7) is 1.23. The van der Waals surface area contributed by atoms with Crippen molar-refractivity contribution in [2.75, 3.05) is 58.0 Å². The van der Waals surface area contributed by atoms with E-state index in [4.69, 9.17) is 20.3 Å². The Bertz CT molecular complexity index is 2710. The summed E-state index contributed by atoms with van der Waals surface area (Å²) in [5.74, 6) is -2.24. The number of carboxylic acid groups (broad SMARTS) is 1. The first-order chi connectivity index (χ1) is 32.6. The van der Waals surface area contributed by atoms with Crippen LogP contribution in [0.3, 0.4) is 0 Å². The van der Waals surface area contributed by atoms with E-state index < -0.39 is 11.9 Å². The number of methoxy groups -OCH3 is 4. The molecule has 362 valence electrons. The second-order valence-corrected chi connectivity index (χ2v) is 15.4. The van der Waals surface area contributed by atoms with Gasteiger partial charge in [0.05, 0.1) is 95.7 Å². The minimum absolute atomic E-state index is 0.00243. The molecule has 0 saturated carbocycles. The number of carboxylic acids is 1. The number of benzene rings is 3. The second-order valence-electron chi connectivity index (χ2n) is 15.4. The van der Waals surface area contributed by atoms with E-state index in [1.807, 2.05) is 77.6 Å². The van der Waals surface area contributed by atoms with Gasteiger partial charge in [-0.3, -0.25) is 38.4 Å². The van der Waals surface area contributed by atoms with E-state index in [2.05, 4.69) is 20.1 Å². The van der Waals surface area contributed by atoms with Crippen LogP contribution in [-0.4, -0.2) is 108 Å². The number of ether oxygens (including phenoxy) is 4. The molecule has 6 aromatic rings. The number of aromatic nitrogens is 3. The normalized spacial score (nSPS) is 10.6. The molecule has 2 amide bonds. The number of nitrogens with one attached hydrogen (secondary N) is 2. The number of hydrogen-bond donors (Lipinski definition) is 4. The molecule has 19 heteroatoms. The molecule has 19 nitrogen and oxygen atoms in total. The number of nitrogen functional groups attached to an aromatic ring is 1. The molecule has 0 aliphatic carbocycles. The van der Waals surface area contributed by atoms with E-state index in [1.165, 1.54) is 21.3 Å². The average molecular weight is 939 g/mol. The maximum absolute atomic E-state index is 12.0. The van der Waals surface area contributed by atoms with Crippen molar-refractivity contribution in [1.29, 1.82) is 0 Å². The highest BCUT2D eigenvalue weighted by Crippen LogP contribution is 2.23. The number of aliphatic carboxylic acids is 1. The van der Waals surface area contributed by atoms with Crippen LogP contribution in [0.25, 0.3) is 32.7 Å². The van der Waals surface area contributed by atoms with E-state index in [1.54, 1.807) is 34.6 Å². The first-order valence-corrected chi connectivity index (χ1v) is 21.6. The minimum Gasteiger partial charge on any atom is -0.481 e. The maximum Gasteiger partial charge on any atom is 0.305 e. The Morgan fingerprint density at radius 1 is 0.485 bits per heavy atom. The summed E-state index contributed by atoms with van der Waals surface area (Å²) in [6, 6.07) is 22.3. The average Bonchev–Trinajstić information content (AvgIpc) is 4.04. The lowest BCUT2D eigenvalue weighted by Gasteiger charge is -2.08. The highest BCUT2D eigenvalue weighted by molar-refractivity contribution is 5.96. The summed E-state index contributed by atoms with van der Waals surface area (Å²) >= 11 is 0. The van der Waals surface area contributed by atoms with Crippen molar-refractivity contribution in [3.63, 3.8) is 0 Å². The van der Waals surface area contributed by atoms with Crippen LogP contribution in [0.2, 0.25) is 0 Å². The van der Waals surface area contributed by atoms with Gasteiger partial charge in [0.2, 0.25) is 11.8 Å². The first-order valence-electron chi connectivity index (χ1n) is 21.6. The van der Waals surface area contributed by atoms with E-state index in [0.29, 0.717) is 30.3 Å². The molecule has 68 heavy (non-hydrogen) atoms. The lowest BCUT2D eigenvalue weighted by molar-refractivity contribution is -0.142. The zero-order valence-corrected chi connectivity index (χ0v) is 38.6. The van der Waals surface area contributed by atoms with Gasteiger partial charge < -0.3 is 54.1 Å². The predicted octanol–water partition coefficient (Wildman–Crippen LogP) is 5.93. The molecule has 0 spiro atoms. The molecular weight excluding hydrogens is 881 g/mol. The van der Waals surface area contributed by atoms with Crippen LogP contribution in [-0.2, 0) is 76.9 Å². The Kier molecular flexibility index (Phi) is 21.1. The quantitative estimate of drug-likeness (QED) is 0.0429. The van der Waals surface area contributed by atoms with Crippen LogP contribution in [0.4, 0.5) is 17.1 Å². The number of anilines is 3. The van der Waals surface area contributed by atoms with Crippen molar-refractivity contribution in [2.24, 2.45) is 0 Å². The highest BCUT2D eigenvalue weighted by Gasteiger charge is 2.13.